The molecule has 0 fully saturated rings. The lowest BCUT2D eigenvalue weighted by Gasteiger charge is -2.19. The zero-order valence-electron chi connectivity index (χ0n) is 14.7. The molecule has 138 valence electrons. The van der Waals surface area contributed by atoms with Crippen LogP contribution in [0.25, 0.3) is 11.0 Å². The first kappa shape index (κ1) is 18.0. The third-order valence-electron chi connectivity index (χ3n) is 4.52. The molecular weight excluding hydrogens is 338 g/mol. The molecule has 7 nitrogen and oxygen atoms in total. The van der Waals surface area contributed by atoms with Crippen LogP contribution in [0.1, 0.15) is 36.5 Å². The van der Waals surface area contributed by atoms with Gasteiger partial charge in [0.05, 0.1) is 17.4 Å². The van der Waals surface area contributed by atoms with Gasteiger partial charge in [-0.25, -0.2) is 4.79 Å². The van der Waals surface area contributed by atoms with E-state index in [-0.39, 0.29) is 12.2 Å². The van der Waals surface area contributed by atoms with Crippen molar-refractivity contribution < 1.29 is 23.8 Å². The molecule has 2 aromatic rings. The van der Waals surface area contributed by atoms with Crippen molar-refractivity contribution in [3.05, 3.63) is 39.2 Å². The number of carbonyl (C=O) groups is 2. The fourth-order valence-corrected chi connectivity index (χ4v) is 3.27. The molecule has 0 saturated heterocycles. The number of aryl methyl sites for hydroxylation is 2. The first-order chi connectivity index (χ1) is 12.4. The highest BCUT2D eigenvalue weighted by Crippen LogP contribution is 2.34. The van der Waals surface area contributed by atoms with Crippen LogP contribution in [-0.2, 0) is 22.4 Å². The molecule has 1 heterocycles. The summed E-state index contributed by atoms with van der Waals surface area (Å²) < 4.78 is 11.1. The average Bonchev–Trinajstić information content (AvgIpc) is 2.59. The number of hydrogen-bond acceptors (Lipinski definition) is 6. The molecule has 0 saturated carbocycles. The summed E-state index contributed by atoms with van der Waals surface area (Å²) in [5.74, 6) is -1.48. The van der Waals surface area contributed by atoms with Crippen molar-refractivity contribution >= 4 is 22.8 Å². The number of carbonyl (C=O) groups excluding carboxylic acids is 2. The summed E-state index contributed by atoms with van der Waals surface area (Å²) in [6.45, 7) is 2.81. The second kappa shape index (κ2) is 7.19. The van der Waals surface area contributed by atoms with E-state index in [1.54, 1.807) is 12.1 Å². The summed E-state index contributed by atoms with van der Waals surface area (Å²) in [5, 5.41) is 13.7. The lowest BCUT2D eigenvalue weighted by atomic mass is 9.90. The summed E-state index contributed by atoms with van der Waals surface area (Å²) in [6.07, 6.45) is 3.34. The fraction of sp³-hybridized carbons (Fsp3) is 0.421. The first-order valence-corrected chi connectivity index (χ1v) is 8.59. The maximum Gasteiger partial charge on any atom is 0.339 e. The third-order valence-corrected chi connectivity index (χ3v) is 4.52. The van der Waals surface area contributed by atoms with E-state index in [4.69, 9.17) is 9.15 Å². The molecule has 26 heavy (non-hydrogen) atoms. The molecule has 0 aliphatic heterocycles. The number of benzene rings is 1. The number of nitrogens with one attached hydrogen (secondary N) is 1. The Balaban J connectivity index is 1.94. The minimum absolute atomic E-state index is 0.315. The Labute approximate surface area is 150 Å². The number of aliphatic carboxylic acids is 1. The van der Waals surface area contributed by atoms with E-state index in [0.717, 1.165) is 30.4 Å². The molecule has 1 aromatic carbocycles. The summed E-state index contributed by atoms with van der Waals surface area (Å²) >= 11 is 0. The van der Waals surface area contributed by atoms with Gasteiger partial charge >= 0.3 is 5.63 Å². The molecule has 0 unspecified atom stereocenters. The minimum Gasteiger partial charge on any atom is -0.548 e. The summed E-state index contributed by atoms with van der Waals surface area (Å²) in [7, 11) is 0. The number of carboxylic acid groups (broad SMARTS) is 1. The summed E-state index contributed by atoms with van der Waals surface area (Å²) in [5.41, 5.74) is 2.54. The van der Waals surface area contributed by atoms with E-state index < -0.39 is 17.9 Å². The zero-order valence-corrected chi connectivity index (χ0v) is 14.7. The molecule has 1 aliphatic carbocycles. The van der Waals surface area contributed by atoms with E-state index in [1.165, 1.54) is 6.92 Å². The van der Waals surface area contributed by atoms with Gasteiger partial charge in [-0.05, 0) is 62.8 Å². The monoisotopic (exact) mass is 358 g/mol. The quantitative estimate of drug-likeness (QED) is 0.785. The van der Waals surface area contributed by atoms with Crippen LogP contribution in [0.2, 0.25) is 0 Å². The van der Waals surface area contributed by atoms with E-state index >= 15 is 0 Å². The van der Waals surface area contributed by atoms with Gasteiger partial charge in [-0.15, -0.1) is 0 Å². The Morgan fingerprint density at radius 1 is 1.27 bits per heavy atom. The second-order valence-electron chi connectivity index (χ2n) is 6.59. The van der Waals surface area contributed by atoms with Gasteiger partial charge in [-0.3, -0.25) is 4.79 Å². The van der Waals surface area contributed by atoms with Crippen LogP contribution in [0.4, 0.5) is 0 Å². The number of ether oxygens (including phenoxy) is 1. The highest BCUT2D eigenvalue weighted by Gasteiger charge is 2.21. The van der Waals surface area contributed by atoms with Crippen molar-refractivity contribution in [2.24, 2.45) is 0 Å². The van der Waals surface area contributed by atoms with Gasteiger partial charge in [-0.2, -0.15) is 0 Å². The fourth-order valence-electron chi connectivity index (χ4n) is 3.27. The van der Waals surface area contributed by atoms with E-state index in [1.807, 2.05) is 6.92 Å². The number of fused-ring (bicyclic) bond motifs is 3. The highest BCUT2D eigenvalue weighted by atomic mass is 16.5. The molecule has 1 aliphatic rings. The standard InChI is InChI=1S/C19H21NO6/c1-10-7-14(25-9-16(21)20-11(2)18(22)23)17-12-5-3-4-6-13(12)19(24)26-15(17)8-10/h7-8,11H,3-6,9H2,1-2H3,(H,20,21)(H,22,23)/p-1/t11-/m0/s1. The summed E-state index contributed by atoms with van der Waals surface area (Å²) in [6, 6.07) is 2.45. The molecule has 3 rings (SSSR count). The van der Waals surface area contributed by atoms with E-state index in [0.29, 0.717) is 28.7 Å². The number of carboxylic acids is 1. The van der Waals surface area contributed by atoms with Gasteiger partial charge in [0.25, 0.3) is 5.91 Å². The van der Waals surface area contributed by atoms with Crippen molar-refractivity contribution in [3.63, 3.8) is 0 Å². The number of rotatable bonds is 5. The maximum atomic E-state index is 12.2. The van der Waals surface area contributed by atoms with Crippen LogP contribution in [0.3, 0.4) is 0 Å². The number of amides is 1. The average molecular weight is 358 g/mol. The van der Waals surface area contributed by atoms with Crippen molar-refractivity contribution in [2.75, 3.05) is 6.61 Å². The molecule has 1 aromatic heterocycles. The van der Waals surface area contributed by atoms with Crippen LogP contribution in [0.5, 0.6) is 5.75 Å². The molecule has 7 heteroatoms. The molecule has 0 radical (unpaired) electrons. The van der Waals surface area contributed by atoms with Crippen molar-refractivity contribution in [1.82, 2.24) is 5.32 Å². The van der Waals surface area contributed by atoms with Crippen molar-refractivity contribution in [2.45, 2.75) is 45.6 Å². The van der Waals surface area contributed by atoms with Gasteiger partial charge < -0.3 is 24.4 Å². The Hall–Kier alpha value is -2.83. The summed E-state index contributed by atoms with van der Waals surface area (Å²) in [4.78, 5) is 34.8. The van der Waals surface area contributed by atoms with Gasteiger partial charge in [-0.1, -0.05) is 0 Å². The Morgan fingerprint density at radius 2 is 1.96 bits per heavy atom. The van der Waals surface area contributed by atoms with Gasteiger partial charge in [0.15, 0.2) is 6.61 Å². The predicted molar refractivity (Wildman–Crippen MR) is 92.0 cm³/mol. The first-order valence-electron chi connectivity index (χ1n) is 8.59. The Kier molecular flexibility index (Phi) is 4.97. The van der Waals surface area contributed by atoms with E-state index in [2.05, 4.69) is 5.32 Å². The highest BCUT2D eigenvalue weighted by molar-refractivity contribution is 5.89. The zero-order chi connectivity index (χ0) is 18.8. The van der Waals surface area contributed by atoms with Crippen molar-refractivity contribution in [1.29, 1.82) is 0 Å². The number of hydrogen-bond donors (Lipinski definition) is 1. The predicted octanol–water partition coefficient (Wildman–Crippen LogP) is 0.614. The van der Waals surface area contributed by atoms with Crippen molar-refractivity contribution in [3.8, 4) is 5.75 Å². The third kappa shape index (κ3) is 3.56. The Bertz CT molecular complexity index is 930. The molecule has 0 bridgehead atoms. The lowest BCUT2D eigenvalue weighted by Crippen LogP contribution is -2.47. The lowest BCUT2D eigenvalue weighted by molar-refractivity contribution is -0.307. The van der Waals surface area contributed by atoms with E-state index in [9.17, 15) is 19.5 Å². The smallest absolute Gasteiger partial charge is 0.339 e. The van der Waals surface area contributed by atoms with Crippen LogP contribution in [0.15, 0.2) is 21.3 Å². The normalized spacial score (nSPS) is 14.5. The molecular formula is C19H20NO6-. The van der Waals surface area contributed by atoms with Gasteiger partial charge in [0.1, 0.15) is 11.3 Å². The SMILES string of the molecule is Cc1cc(OCC(=O)N[C@@H](C)C(=O)[O-])c2c3c(c(=O)oc2c1)CCCC3. The molecule has 0 spiro atoms. The maximum absolute atomic E-state index is 12.2. The second-order valence-corrected chi connectivity index (χ2v) is 6.59. The Morgan fingerprint density at radius 3 is 2.65 bits per heavy atom. The molecule has 1 N–H and O–H groups in total. The van der Waals surface area contributed by atoms with Crippen LogP contribution in [0, 0.1) is 6.92 Å². The largest absolute Gasteiger partial charge is 0.548 e. The van der Waals surface area contributed by atoms with Gasteiger partial charge in [0.2, 0.25) is 0 Å². The van der Waals surface area contributed by atoms with Gasteiger partial charge in [0, 0.05) is 5.56 Å². The molecule has 1 atom stereocenters. The van der Waals surface area contributed by atoms with Crippen LogP contribution >= 0.6 is 0 Å². The minimum atomic E-state index is -1.37. The molecule has 1 amide bonds. The van der Waals surface area contributed by atoms with Crippen LogP contribution in [-0.4, -0.2) is 24.5 Å². The van der Waals surface area contributed by atoms with Crippen LogP contribution < -0.4 is 20.8 Å². The topological polar surface area (TPSA) is 109 Å².